The number of methoxy groups -OCH3 is 1. The molecule has 164 valence electrons. The van der Waals surface area contributed by atoms with E-state index in [0.29, 0.717) is 23.9 Å². The number of hydrogen-bond donors (Lipinski definition) is 2. The quantitative estimate of drug-likeness (QED) is 0.788. The normalized spacial score (nSPS) is 22.2. The third kappa shape index (κ3) is 3.80. The molecule has 2 N–H and O–H groups in total. The van der Waals surface area contributed by atoms with Crippen molar-refractivity contribution in [1.29, 1.82) is 0 Å². The van der Waals surface area contributed by atoms with Gasteiger partial charge in [-0.15, -0.1) is 0 Å². The maximum atomic E-state index is 13.6. The standard InChI is InChI=1S/C24H35N3O3/c1-14-13-27(15(2)24(14,6)7)22(29)20(23(3,4)5)26-21(28)18-12-16-17(25-18)10-9-11-19(16)30-8/h9-12,14-15,20,25H,13H2,1-8H3,(H,26,28)/t14-,15-,20-/m1/s1. The first-order valence-corrected chi connectivity index (χ1v) is 10.6. The zero-order chi connectivity index (χ0) is 22.4. The highest BCUT2D eigenvalue weighted by molar-refractivity contribution is 6.01. The van der Waals surface area contributed by atoms with Crippen LogP contribution in [0, 0.1) is 16.7 Å². The third-order valence-corrected chi connectivity index (χ3v) is 7.05. The first-order valence-electron chi connectivity index (χ1n) is 10.6. The molecular weight excluding hydrogens is 378 g/mol. The molecule has 0 bridgehead atoms. The van der Waals surface area contributed by atoms with E-state index < -0.39 is 11.5 Å². The molecule has 1 aromatic carbocycles. The van der Waals surface area contributed by atoms with Crippen LogP contribution in [0.2, 0.25) is 0 Å². The molecule has 2 amide bonds. The van der Waals surface area contributed by atoms with E-state index >= 15 is 0 Å². The molecule has 1 aliphatic rings. The lowest BCUT2D eigenvalue weighted by molar-refractivity contribution is -0.137. The third-order valence-electron chi connectivity index (χ3n) is 7.05. The highest BCUT2D eigenvalue weighted by Crippen LogP contribution is 2.41. The fraction of sp³-hybridized carbons (Fsp3) is 0.583. The number of hydrogen-bond acceptors (Lipinski definition) is 3. The van der Waals surface area contributed by atoms with Gasteiger partial charge in [0.25, 0.3) is 5.91 Å². The van der Waals surface area contributed by atoms with Gasteiger partial charge in [0.1, 0.15) is 17.5 Å². The number of H-pyrrole nitrogens is 1. The number of carbonyl (C=O) groups is 2. The summed E-state index contributed by atoms with van der Waals surface area (Å²) in [4.78, 5) is 31.8. The van der Waals surface area contributed by atoms with E-state index in [1.54, 1.807) is 13.2 Å². The minimum atomic E-state index is -0.623. The largest absolute Gasteiger partial charge is 0.496 e. The van der Waals surface area contributed by atoms with Gasteiger partial charge in [-0.1, -0.05) is 47.6 Å². The molecule has 0 radical (unpaired) electrons. The Bertz CT molecular complexity index is 954. The number of rotatable bonds is 4. The summed E-state index contributed by atoms with van der Waals surface area (Å²) in [5.74, 6) is 0.789. The van der Waals surface area contributed by atoms with Gasteiger partial charge in [0.05, 0.1) is 7.11 Å². The maximum Gasteiger partial charge on any atom is 0.268 e. The average molecular weight is 414 g/mol. The van der Waals surface area contributed by atoms with E-state index in [1.807, 2.05) is 43.9 Å². The predicted octanol–water partition coefficient (Wildman–Crippen LogP) is 4.21. The van der Waals surface area contributed by atoms with Crippen LogP contribution < -0.4 is 10.1 Å². The Balaban J connectivity index is 1.87. The number of nitrogens with one attached hydrogen (secondary N) is 2. The number of aromatic nitrogens is 1. The SMILES string of the molecule is COc1cccc2[nH]c(C(=O)N[C@H](C(=O)N3C[C@@H](C)C(C)(C)[C@H]3C)C(C)(C)C)cc12. The van der Waals surface area contributed by atoms with E-state index in [4.69, 9.17) is 4.74 Å². The molecule has 0 aliphatic carbocycles. The molecule has 2 aromatic rings. The van der Waals surface area contributed by atoms with Gasteiger partial charge < -0.3 is 19.9 Å². The molecule has 2 heterocycles. The zero-order valence-electron chi connectivity index (χ0n) is 19.4. The van der Waals surface area contributed by atoms with Gasteiger partial charge in [-0.3, -0.25) is 9.59 Å². The highest BCUT2D eigenvalue weighted by atomic mass is 16.5. The van der Waals surface area contributed by atoms with Crippen molar-refractivity contribution in [3.05, 3.63) is 30.0 Å². The second kappa shape index (κ2) is 7.64. The van der Waals surface area contributed by atoms with E-state index in [1.165, 1.54) is 0 Å². The Kier molecular flexibility index (Phi) is 5.65. The average Bonchev–Trinajstić information content (AvgIpc) is 3.19. The minimum absolute atomic E-state index is 0.0190. The molecule has 3 atom stereocenters. The van der Waals surface area contributed by atoms with Gasteiger partial charge in [0.2, 0.25) is 5.91 Å². The Hall–Kier alpha value is -2.50. The zero-order valence-corrected chi connectivity index (χ0v) is 19.4. The number of carbonyl (C=O) groups excluding carboxylic acids is 2. The highest BCUT2D eigenvalue weighted by Gasteiger charge is 2.48. The van der Waals surface area contributed by atoms with Crippen LogP contribution in [-0.4, -0.2) is 47.4 Å². The summed E-state index contributed by atoms with van der Waals surface area (Å²) >= 11 is 0. The lowest BCUT2D eigenvalue weighted by Crippen LogP contribution is -2.56. The van der Waals surface area contributed by atoms with Gasteiger partial charge in [-0.2, -0.15) is 0 Å². The van der Waals surface area contributed by atoms with Crippen LogP contribution in [0.1, 0.15) is 59.0 Å². The Labute approximate surface area is 179 Å². The molecule has 0 saturated carbocycles. The van der Waals surface area contributed by atoms with E-state index in [2.05, 4.69) is 38.0 Å². The van der Waals surface area contributed by atoms with Gasteiger partial charge in [-0.25, -0.2) is 0 Å². The number of ether oxygens (including phenoxy) is 1. The molecule has 0 unspecified atom stereocenters. The van der Waals surface area contributed by atoms with Crippen molar-refractivity contribution in [3.8, 4) is 5.75 Å². The fourth-order valence-electron chi connectivity index (χ4n) is 4.23. The smallest absolute Gasteiger partial charge is 0.268 e. The lowest BCUT2D eigenvalue weighted by atomic mass is 9.78. The molecule has 1 saturated heterocycles. The van der Waals surface area contributed by atoms with Crippen LogP contribution in [0.5, 0.6) is 5.75 Å². The molecule has 6 nitrogen and oxygen atoms in total. The Morgan fingerprint density at radius 3 is 2.47 bits per heavy atom. The number of nitrogens with zero attached hydrogens (tertiary/aromatic N) is 1. The summed E-state index contributed by atoms with van der Waals surface area (Å²) in [6.07, 6.45) is 0. The van der Waals surface area contributed by atoms with Crippen LogP contribution in [0.15, 0.2) is 24.3 Å². The van der Waals surface area contributed by atoms with Gasteiger partial charge in [-0.05, 0) is 41.9 Å². The molecule has 1 aliphatic heterocycles. The molecule has 1 fully saturated rings. The monoisotopic (exact) mass is 413 g/mol. The van der Waals surface area contributed by atoms with Crippen molar-refractivity contribution in [2.45, 2.75) is 60.5 Å². The topological polar surface area (TPSA) is 74.4 Å². The lowest BCUT2D eigenvalue weighted by Gasteiger charge is -2.37. The van der Waals surface area contributed by atoms with E-state index in [-0.39, 0.29) is 23.3 Å². The van der Waals surface area contributed by atoms with E-state index in [0.717, 1.165) is 10.9 Å². The van der Waals surface area contributed by atoms with Crippen LogP contribution >= 0.6 is 0 Å². The first-order chi connectivity index (χ1) is 13.9. The summed E-state index contributed by atoms with van der Waals surface area (Å²) in [7, 11) is 1.61. The van der Waals surface area contributed by atoms with Crippen LogP contribution in [0.3, 0.4) is 0 Å². The maximum absolute atomic E-state index is 13.6. The first kappa shape index (κ1) is 22.2. The number of aromatic amines is 1. The molecular formula is C24H35N3O3. The van der Waals surface area contributed by atoms with E-state index in [9.17, 15) is 9.59 Å². The summed E-state index contributed by atoms with van der Waals surface area (Å²) in [5.41, 5.74) is 0.851. The number of amides is 2. The molecule has 6 heteroatoms. The molecule has 3 rings (SSSR count). The van der Waals surface area contributed by atoms with Crippen molar-refractivity contribution in [1.82, 2.24) is 15.2 Å². The number of likely N-dealkylation sites (tertiary alicyclic amines) is 1. The van der Waals surface area contributed by atoms with Crippen molar-refractivity contribution in [2.75, 3.05) is 13.7 Å². The fourth-order valence-corrected chi connectivity index (χ4v) is 4.23. The van der Waals surface area contributed by atoms with Gasteiger partial charge in [0.15, 0.2) is 0 Å². The van der Waals surface area contributed by atoms with Crippen LogP contribution in [0.25, 0.3) is 10.9 Å². The Morgan fingerprint density at radius 2 is 1.93 bits per heavy atom. The van der Waals surface area contributed by atoms with Crippen LogP contribution in [-0.2, 0) is 4.79 Å². The van der Waals surface area contributed by atoms with Crippen molar-refractivity contribution in [2.24, 2.45) is 16.7 Å². The Morgan fingerprint density at radius 1 is 1.27 bits per heavy atom. The van der Waals surface area contributed by atoms with Crippen LogP contribution in [0.4, 0.5) is 0 Å². The summed E-state index contributed by atoms with van der Waals surface area (Å²) < 4.78 is 5.39. The number of benzene rings is 1. The summed E-state index contributed by atoms with van der Waals surface area (Å²) in [6, 6.07) is 6.89. The molecule has 30 heavy (non-hydrogen) atoms. The summed E-state index contributed by atoms with van der Waals surface area (Å²) in [6.45, 7) is 15.4. The van der Waals surface area contributed by atoms with Gasteiger partial charge >= 0.3 is 0 Å². The minimum Gasteiger partial charge on any atom is -0.496 e. The second-order valence-corrected chi connectivity index (χ2v) is 10.3. The number of fused-ring (bicyclic) bond motifs is 1. The second-order valence-electron chi connectivity index (χ2n) is 10.3. The predicted molar refractivity (Wildman–Crippen MR) is 120 cm³/mol. The van der Waals surface area contributed by atoms with Crippen molar-refractivity contribution < 1.29 is 14.3 Å². The van der Waals surface area contributed by atoms with Crippen molar-refractivity contribution >= 4 is 22.7 Å². The molecule has 0 spiro atoms. The molecule has 1 aromatic heterocycles. The van der Waals surface area contributed by atoms with Gasteiger partial charge in [0, 0.05) is 23.5 Å². The summed E-state index contributed by atoms with van der Waals surface area (Å²) in [5, 5.41) is 3.85. The van der Waals surface area contributed by atoms with Crippen molar-refractivity contribution in [3.63, 3.8) is 0 Å².